The van der Waals surface area contributed by atoms with Gasteiger partial charge >= 0.3 is 5.97 Å². The normalized spacial score (nSPS) is 28.0. The summed E-state index contributed by atoms with van der Waals surface area (Å²) in [6.45, 7) is 0.144. The van der Waals surface area contributed by atoms with Crippen molar-refractivity contribution in [2.45, 2.75) is 70.0 Å². The number of hydrogen-bond donors (Lipinski definition) is 4. The number of carboxylic acids is 1. The zero-order valence-corrected chi connectivity index (χ0v) is 13.0. The van der Waals surface area contributed by atoms with E-state index < -0.39 is 18.2 Å². The van der Waals surface area contributed by atoms with Crippen molar-refractivity contribution < 1.29 is 30.0 Å². The molecule has 6 heteroatoms. The lowest BCUT2D eigenvalue weighted by Crippen LogP contribution is -2.24. The molecule has 4 unspecified atom stereocenters. The number of aliphatic hydroxyl groups is 3. The molecule has 4 N–H and O–H groups in total. The predicted molar refractivity (Wildman–Crippen MR) is 80.3 cm³/mol. The van der Waals surface area contributed by atoms with Crippen LogP contribution in [0.1, 0.15) is 57.8 Å². The predicted octanol–water partition coefficient (Wildman–Crippen LogP) is 1.11. The molecule has 1 aliphatic carbocycles. The van der Waals surface area contributed by atoms with Crippen LogP contribution in [0.5, 0.6) is 0 Å². The summed E-state index contributed by atoms with van der Waals surface area (Å²) in [7, 11) is 0. The Balaban J connectivity index is 2.37. The van der Waals surface area contributed by atoms with E-state index in [1.165, 1.54) is 0 Å². The maximum absolute atomic E-state index is 11.8. The Morgan fingerprint density at radius 2 is 1.45 bits per heavy atom. The standard InChI is InChI=1S/C16H28O6/c17-9-3-1-2-4-11(18)5-6-12-13(7-8-16(21)22)15(20)10-14(12)19/h12-15,17,19-20H,1-10H2,(H,21,22). The van der Waals surface area contributed by atoms with Crippen molar-refractivity contribution >= 4 is 11.8 Å². The molecule has 0 saturated heterocycles. The van der Waals surface area contributed by atoms with E-state index in [1.54, 1.807) is 0 Å². The number of ketones is 1. The number of rotatable bonds is 11. The van der Waals surface area contributed by atoms with Crippen molar-refractivity contribution in [2.75, 3.05) is 6.61 Å². The first-order valence-electron chi connectivity index (χ1n) is 8.16. The molecule has 0 spiro atoms. The maximum Gasteiger partial charge on any atom is 0.303 e. The van der Waals surface area contributed by atoms with Crippen molar-refractivity contribution in [2.24, 2.45) is 11.8 Å². The summed E-state index contributed by atoms with van der Waals surface area (Å²) >= 11 is 0. The smallest absolute Gasteiger partial charge is 0.303 e. The zero-order valence-electron chi connectivity index (χ0n) is 13.0. The highest BCUT2D eigenvalue weighted by Crippen LogP contribution is 2.38. The Labute approximate surface area is 131 Å². The third-order valence-corrected chi connectivity index (χ3v) is 4.58. The Kier molecular flexibility index (Phi) is 8.60. The molecule has 0 bridgehead atoms. The molecule has 1 fully saturated rings. The van der Waals surface area contributed by atoms with Crippen LogP contribution in [-0.4, -0.2) is 51.0 Å². The molecule has 0 aliphatic heterocycles. The van der Waals surface area contributed by atoms with Crippen molar-refractivity contribution in [3.8, 4) is 0 Å². The molecule has 1 aliphatic rings. The lowest BCUT2D eigenvalue weighted by molar-refractivity contribution is -0.137. The van der Waals surface area contributed by atoms with Crippen LogP contribution in [0, 0.1) is 11.8 Å². The molecule has 0 heterocycles. The van der Waals surface area contributed by atoms with Gasteiger partial charge in [-0.3, -0.25) is 9.59 Å². The number of aliphatic carboxylic acids is 1. The Morgan fingerprint density at radius 3 is 2.00 bits per heavy atom. The summed E-state index contributed by atoms with van der Waals surface area (Å²) in [6.07, 6.45) is 2.87. The summed E-state index contributed by atoms with van der Waals surface area (Å²) in [5, 5.41) is 37.4. The van der Waals surface area contributed by atoms with E-state index in [4.69, 9.17) is 10.2 Å². The van der Waals surface area contributed by atoms with Gasteiger partial charge < -0.3 is 20.4 Å². The van der Waals surface area contributed by atoms with Gasteiger partial charge in [0.05, 0.1) is 12.2 Å². The molecule has 0 amide bonds. The molecule has 22 heavy (non-hydrogen) atoms. The number of hydrogen-bond acceptors (Lipinski definition) is 5. The van der Waals surface area contributed by atoms with Crippen molar-refractivity contribution in [3.05, 3.63) is 0 Å². The molecule has 6 nitrogen and oxygen atoms in total. The first-order valence-corrected chi connectivity index (χ1v) is 8.16. The lowest BCUT2D eigenvalue weighted by atomic mass is 9.85. The fourth-order valence-corrected chi connectivity index (χ4v) is 3.33. The van der Waals surface area contributed by atoms with Crippen LogP contribution in [0.4, 0.5) is 0 Å². The van der Waals surface area contributed by atoms with E-state index in [0.717, 1.165) is 12.8 Å². The number of Topliss-reactive ketones (excluding diaryl/α,β-unsaturated/α-hetero) is 1. The topological polar surface area (TPSA) is 115 Å². The minimum absolute atomic E-state index is 0.0277. The van der Waals surface area contributed by atoms with Crippen LogP contribution in [0.25, 0.3) is 0 Å². The summed E-state index contributed by atoms with van der Waals surface area (Å²) in [6, 6.07) is 0. The van der Waals surface area contributed by atoms with Gasteiger partial charge in [0.15, 0.2) is 0 Å². The van der Waals surface area contributed by atoms with Gasteiger partial charge in [-0.1, -0.05) is 6.42 Å². The summed E-state index contributed by atoms with van der Waals surface area (Å²) in [5.74, 6) is -1.22. The van der Waals surface area contributed by atoms with E-state index in [9.17, 15) is 19.8 Å². The highest BCUT2D eigenvalue weighted by Gasteiger charge is 2.41. The number of aliphatic hydroxyl groups excluding tert-OH is 3. The van der Waals surface area contributed by atoms with Crippen molar-refractivity contribution in [3.63, 3.8) is 0 Å². The average molecular weight is 316 g/mol. The lowest BCUT2D eigenvalue weighted by Gasteiger charge is -2.22. The minimum Gasteiger partial charge on any atom is -0.481 e. The largest absolute Gasteiger partial charge is 0.481 e. The second-order valence-corrected chi connectivity index (χ2v) is 6.24. The fourth-order valence-electron chi connectivity index (χ4n) is 3.33. The van der Waals surface area contributed by atoms with E-state index >= 15 is 0 Å². The Hall–Kier alpha value is -0.980. The fraction of sp³-hybridized carbons (Fsp3) is 0.875. The van der Waals surface area contributed by atoms with Gasteiger partial charge in [-0.25, -0.2) is 0 Å². The summed E-state index contributed by atoms with van der Waals surface area (Å²) in [4.78, 5) is 22.5. The van der Waals surface area contributed by atoms with Gasteiger partial charge in [-0.05, 0) is 43.9 Å². The molecular formula is C16H28O6. The number of carbonyl (C=O) groups excluding carboxylic acids is 1. The molecule has 0 aromatic heterocycles. The summed E-state index contributed by atoms with van der Waals surface area (Å²) < 4.78 is 0. The maximum atomic E-state index is 11.8. The van der Waals surface area contributed by atoms with Crippen LogP contribution >= 0.6 is 0 Å². The van der Waals surface area contributed by atoms with Gasteiger partial charge in [0.25, 0.3) is 0 Å². The Bertz CT molecular complexity index is 357. The first kappa shape index (κ1) is 19.1. The van der Waals surface area contributed by atoms with Gasteiger partial charge in [-0.2, -0.15) is 0 Å². The van der Waals surface area contributed by atoms with Gasteiger partial charge in [0.1, 0.15) is 5.78 Å². The van der Waals surface area contributed by atoms with E-state index in [1.807, 2.05) is 0 Å². The van der Waals surface area contributed by atoms with Crippen molar-refractivity contribution in [1.29, 1.82) is 0 Å². The number of unbranched alkanes of at least 4 members (excludes halogenated alkanes) is 2. The molecule has 0 aromatic rings. The molecule has 4 atom stereocenters. The zero-order chi connectivity index (χ0) is 16.5. The van der Waals surface area contributed by atoms with E-state index in [-0.39, 0.29) is 37.1 Å². The second-order valence-electron chi connectivity index (χ2n) is 6.24. The quantitative estimate of drug-likeness (QED) is 0.424. The molecule has 0 aromatic carbocycles. The first-order chi connectivity index (χ1) is 10.5. The number of carbonyl (C=O) groups is 2. The van der Waals surface area contributed by atoms with E-state index in [2.05, 4.69) is 0 Å². The average Bonchev–Trinajstić information content (AvgIpc) is 2.72. The van der Waals surface area contributed by atoms with Gasteiger partial charge in [-0.15, -0.1) is 0 Å². The molecular weight excluding hydrogens is 288 g/mol. The van der Waals surface area contributed by atoms with Crippen LogP contribution in [0.3, 0.4) is 0 Å². The number of carboxylic acid groups (broad SMARTS) is 1. The molecule has 128 valence electrons. The molecule has 1 saturated carbocycles. The minimum atomic E-state index is -0.910. The van der Waals surface area contributed by atoms with Crippen LogP contribution in [0.15, 0.2) is 0 Å². The van der Waals surface area contributed by atoms with Gasteiger partial charge in [0, 0.05) is 25.9 Å². The molecule has 0 radical (unpaired) electrons. The van der Waals surface area contributed by atoms with Crippen molar-refractivity contribution in [1.82, 2.24) is 0 Å². The van der Waals surface area contributed by atoms with Crippen LogP contribution in [-0.2, 0) is 9.59 Å². The highest BCUT2D eigenvalue weighted by atomic mass is 16.4. The van der Waals surface area contributed by atoms with Gasteiger partial charge in [0.2, 0.25) is 0 Å². The third-order valence-electron chi connectivity index (χ3n) is 4.58. The summed E-state index contributed by atoms with van der Waals surface area (Å²) in [5.41, 5.74) is 0. The Morgan fingerprint density at radius 1 is 0.864 bits per heavy atom. The monoisotopic (exact) mass is 316 g/mol. The SMILES string of the molecule is O=C(O)CCC1C(O)CC(O)C1CCC(=O)CCCCCO. The third kappa shape index (κ3) is 6.42. The second kappa shape index (κ2) is 9.92. The van der Waals surface area contributed by atoms with E-state index in [0.29, 0.717) is 32.1 Å². The van der Waals surface area contributed by atoms with Crippen LogP contribution < -0.4 is 0 Å². The molecule has 1 rings (SSSR count). The van der Waals surface area contributed by atoms with Crippen LogP contribution in [0.2, 0.25) is 0 Å². The highest BCUT2D eigenvalue weighted by molar-refractivity contribution is 5.78.